The molecule has 1 heterocycles. The van der Waals surface area contributed by atoms with E-state index < -0.39 is 5.41 Å². The summed E-state index contributed by atoms with van der Waals surface area (Å²) >= 11 is 1.65. The lowest BCUT2D eigenvalue weighted by atomic mass is 9.95. The van der Waals surface area contributed by atoms with Crippen LogP contribution in [0.15, 0.2) is 53.7 Å². The van der Waals surface area contributed by atoms with Gasteiger partial charge in [-0.3, -0.25) is 9.36 Å². The van der Waals surface area contributed by atoms with Gasteiger partial charge in [0.1, 0.15) is 0 Å². The first kappa shape index (κ1) is 22.1. The molecule has 1 aromatic heterocycles. The number of nitrogens with one attached hydrogen (secondary N) is 1. The monoisotopic (exact) mass is 422 g/mol. The molecule has 30 heavy (non-hydrogen) atoms. The minimum atomic E-state index is -0.467. The van der Waals surface area contributed by atoms with Gasteiger partial charge in [-0.1, -0.05) is 80.1 Å². The summed E-state index contributed by atoms with van der Waals surface area (Å²) in [6.07, 6.45) is 0. The number of amides is 1. The fraction of sp³-hybridized carbons (Fsp3) is 0.375. The van der Waals surface area contributed by atoms with Gasteiger partial charge in [-0.15, -0.1) is 10.2 Å². The first-order chi connectivity index (χ1) is 14.1. The van der Waals surface area contributed by atoms with Crippen LogP contribution in [0.25, 0.3) is 5.69 Å². The average molecular weight is 423 g/mol. The number of carbonyl (C=O) groups excluding carboxylic acids is 1. The Morgan fingerprint density at radius 2 is 1.77 bits per heavy atom. The van der Waals surface area contributed by atoms with E-state index >= 15 is 0 Å². The molecule has 158 valence electrons. The summed E-state index contributed by atoms with van der Waals surface area (Å²) in [6.45, 7) is 11.8. The molecule has 5 nitrogen and oxygen atoms in total. The van der Waals surface area contributed by atoms with Gasteiger partial charge in [0.2, 0.25) is 5.91 Å². The van der Waals surface area contributed by atoms with E-state index in [4.69, 9.17) is 0 Å². The second-order valence-electron chi connectivity index (χ2n) is 8.73. The molecule has 0 aliphatic heterocycles. The van der Waals surface area contributed by atoms with Crippen LogP contribution >= 0.6 is 11.8 Å². The molecule has 0 radical (unpaired) electrons. The van der Waals surface area contributed by atoms with Crippen molar-refractivity contribution in [3.8, 4) is 5.69 Å². The van der Waals surface area contributed by atoms with Crippen molar-refractivity contribution < 1.29 is 4.79 Å². The lowest BCUT2D eigenvalue weighted by molar-refractivity contribution is -0.129. The highest BCUT2D eigenvalue weighted by molar-refractivity contribution is 7.98. The van der Waals surface area contributed by atoms with Gasteiger partial charge in [0.25, 0.3) is 0 Å². The first-order valence-electron chi connectivity index (χ1n) is 10.2. The predicted molar refractivity (Wildman–Crippen MR) is 123 cm³/mol. The minimum absolute atomic E-state index is 0.0116. The molecule has 2 aromatic carbocycles. The number of nitrogens with zero attached hydrogens (tertiary/aromatic N) is 3. The van der Waals surface area contributed by atoms with E-state index in [-0.39, 0.29) is 11.9 Å². The van der Waals surface area contributed by atoms with Crippen LogP contribution in [-0.4, -0.2) is 20.7 Å². The summed E-state index contributed by atoms with van der Waals surface area (Å²) in [5.74, 6) is 1.51. The number of aryl methyl sites for hydroxylation is 2. The van der Waals surface area contributed by atoms with Crippen LogP contribution in [0.2, 0.25) is 0 Å². The minimum Gasteiger partial charge on any atom is -0.346 e. The van der Waals surface area contributed by atoms with Crippen molar-refractivity contribution in [3.63, 3.8) is 0 Å². The van der Waals surface area contributed by atoms with Gasteiger partial charge in [0, 0.05) is 16.9 Å². The molecular weight excluding hydrogens is 392 g/mol. The van der Waals surface area contributed by atoms with Crippen LogP contribution in [0, 0.1) is 19.3 Å². The maximum absolute atomic E-state index is 12.5. The molecule has 0 spiro atoms. The van der Waals surface area contributed by atoms with Crippen molar-refractivity contribution in [1.82, 2.24) is 20.1 Å². The van der Waals surface area contributed by atoms with Crippen molar-refractivity contribution in [2.45, 2.75) is 58.5 Å². The average Bonchev–Trinajstić information content (AvgIpc) is 3.10. The molecule has 1 unspecified atom stereocenters. The first-order valence-corrected chi connectivity index (χ1v) is 11.2. The lowest BCUT2D eigenvalue weighted by Crippen LogP contribution is -2.37. The van der Waals surface area contributed by atoms with Crippen molar-refractivity contribution in [3.05, 3.63) is 71.0 Å². The van der Waals surface area contributed by atoms with Crippen LogP contribution in [0.1, 0.15) is 56.3 Å². The number of rotatable bonds is 6. The lowest BCUT2D eigenvalue weighted by Gasteiger charge is -2.22. The van der Waals surface area contributed by atoms with Gasteiger partial charge in [-0.2, -0.15) is 0 Å². The van der Waals surface area contributed by atoms with Crippen LogP contribution < -0.4 is 5.32 Å². The zero-order chi connectivity index (χ0) is 21.9. The standard InChI is InChI=1S/C24H30N4OS/c1-16-10-12-20(13-11-16)28-21(18(3)25-22(29)24(4,5)6)26-27-23(28)30-15-19-9-7-8-17(2)14-19/h7-14,18H,15H2,1-6H3,(H,25,29). The second-order valence-corrected chi connectivity index (χ2v) is 9.68. The van der Waals surface area contributed by atoms with Crippen LogP contribution in [0.3, 0.4) is 0 Å². The van der Waals surface area contributed by atoms with E-state index in [1.807, 2.05) is 32.3 Å². The number of thioether (sulfide) groups is 1. The molecule has 3 rings (SSSR count). The number of carbonyl (C=O) groups is 1. The van der Waals surface area contributed by atoms with Crippen molar-refractivity contribution in [2.24, 2.45) is 5.41 Å². The molecule has 0 bridgehead atoms. The van der Waals surface area contributed by atoms with Gasteiger partial charge in [-0.05, 0) is 38.5 Å². The Hall–Kier alpha value is -2.60. The highest BCUT2D eigenvalue weighted by Gasteiger charge is 2.26. The van der Waals surface area contributed by atoms with E-state index in [0.717, 1.165) is 22.4 Å². The van der Waals surface area contributed by atoms with Crippen molar-refractivity contribution in [1.29, 1.82) is 0 Å². The zero-order valence-electron chi connectivity index (χ0n) is 18.6. The quantitative estimate of drug-likeness (QED) is 0.540. The Bertz CT molecular complexity index is 1020. The summed E-state index contributed by atoms with van der Waals surface area (Å²) in [5, 5.41) is 12.8. The highest BCUT2D eigenvalue weighted by atomic mass is 32.2. The molecule has 1 atom stereocenters. The van der Waals surface area contributed by atoms with E-state index in [9.17, 15) is 4.79 Å². The Kier molecular flexibility index (Phi) is 6.66. The highest BCUT2D eigenvalue weighted by Crippen LogP contribution is 2.28. The van der Waals surface area contributed by atoms with Gasteiger partial charge < -0.3 is 5.32 Å². The summed E-state index contributed by atoms with van der Waals surface area (Å²) in [4.78, 5) is 12.5. The maximum Gasteiger partial charge on any atom is 0.225 e. The topological polar surface area (TPSA) is 59.8 Å². The third-order valence-electron chi connectivity index (χ3n) is 4.82. The fourth-order valence-corrected chi connectivity index (χ4v) is 3.92. The smallest absolute Gasteiger partial charge is 0.225 e. The molecule has 6 heteroatoms. The Labute approximate surface area is 183 Å². The number of aromatic nitrogens is 3. The fourth-order valence-electron chi connectivity index (χ4n) is 3.02. The number of hydrogen-bond donors (Lipinski definition) is 1. The number of benzene rings is 2. The molecule has 0 fully saturated rings. The van der Waals surface area contributed by atoms with Crippen molar-refractivity contribution in [2.75, 3.05) is 0 Å². The molecule has 1 amide bonds. The number of hydrogen-bond acceptors (Lipinski definition) is 4. The summed E-state index contributed by atoms with van der Waals surface area (Å²) in [7, 11) is 0. The third-order valence-corrected chi connectivity index (χ3v) is 5.82. The molecule has 3 aromatic rings. The molecule has 0 aliphatic carbocycles. The van der Waals surface area contributed by atoms with Crippen LogP contribution in [0.4, 0.5) is 0 Å². The van der Waals surface area contributed by atoms with Gasteiger partial charge >= 0.3 is 0 Å². The Balaban J connectivity index is 1.92. The van der Waals surface area contributed by atoms with E-state index in [1.54, 1.807) is 11.8 Å². The summed E-state index contributed by atoms with van der Waals surface area (Å²) < 4.78 is 2.05. The van der Waals surface area contributed by atoms with Gasteiger partial charge in [0.05, 0.1) is 6.04 Å². The van der Waals surface area contributed by atoms with Crippen LogP contribution in [-0.2, 0) is 10.5 Å². The summed E-state index contributed by atoms with van der Waals surface area (Å²) in [5.41, 5.74) is 4.20. The molecule has 0 saturated heterocycles. The zero-order valence-corrected chi connectivity index (χ0v) is 19.4. The third kappa shape index (κ3) is 5.30. The predicted octanol–water partition coefficient (Wildman–Crippen LogP) is 5.40. The molecule has 0 saturated carbocycles. The van der Waals surface area contributed by atoms with Crippen molar-refractivity contribution >= 4 is 17.7 Å². The SMILES string of the molecule is Cc1ccc(-n2c(SCc3cccc(C)c3)nnc2C(C)NC(=O)C(C)(C)C)cc1. The molecular formula is C24H30N4OS. The Morgan fingerprint density at radius 3 is 2.40 bits per heavy atom. The summed E-state index contributed by atoms with van der Waals surface area (Å²) in [6, 6.07) is 16.5. The van der Waals surface area contributed by atoms with Crippen LogP contribution in [0.5, 0.6) is 0 Å². The van der Waals surface area contributed by atoms with E-state index in [1.165, 1.54) is 16.7 Å². The molecule has 0 aliphatic rings. The van der Waals surface area contributed by atoms with Gasteiger partial charge in [-0.25, -0.2) is 0 Å². The van der Waals surface area contributed by atoms with E-state index in [2.05, 4.69) is 77.9 Å². The normalized spacial score (nSPS) is 12.6. The Morgan fingerprint density at radius 1 is 1.07 bits per heavy atom. The maximum atomic E-state index is 12.5. The van der Waals surface area contributed by atoms with E-state index in [0.29, 0.717) is 0 Å². The molecule has 1 N–H and O–H groups in total. The van der Waals surface area contributed by atoms with Gasteiger partial charge in [0.15, 0.2) is 11.0 Å². The largest absolute Gasteiger partial charge is 0.346 e. The second kappa shape index (κ2) is 9.04.